The molecule has 0 bridgehead atoms. The normalized spacial score (nSPS) is 19.8. The first-order chi connectivity index (χ1) is 12.7. The Morgan fingerprint density at radius 2 is 2.23 bits per heavy atom. The Bertz CT molecular complexity index is 996. The Morgan fingerprint density at radius 3 is 2.96 bits per heavy atom. The number of nitrogens with one attached hydrogen (secondary N) is 1. The maximum absolute atomic E-state index is 9.33. The van der Waals surface area contributed by atoms with Gasteiger partial charge >= 0.3 is 0 Å². The van der Waals surface area contributed by atoms with E-state index >= 15 is 0 Å². The van der Waals surface area contributed by atoms with Crippen molar-refractivity contribution >= 4 is 16.9 Å². The smallest absolute Gasteiger partial charge is 0.154 e. The Morgan fingerprint density at radius 1 is 1.38 bits per heavy atom. The summed E-state index contributed by atoms with van der Waals surface area (Å²) in [5, 5.41) is 14.8. The average Bonchev–Trinajstić information content (AvgIpc) is 3.17. The first-order valence-electron chi connectivity index (χ1n) is 9.19. The van der Waals surface area contributed by atoms with Gasteiger partial charge < -0.3 is 10.7 Å². The summed E-state index contributed by atoms with van der Waals surface area (Å²) in [6, 6.07) is 4.37. The molecule has 5 rings (SSSR count). The number of H-pyrrole nitrogens is 1. The van der Waals surface area contributed by atoms with Crippen molar-refractivity contribution < 1.29 is 0 Å². The van der Waals surface area contributed by atoms with Gasteiger partial charge in [-0.05, 0) is 43.1 Å². The third kappa shape index (κ3) is 2.22. The molecule has 1 unspecified atom stereocenters. The predicted molar refractivity (Wildman–Crippen MR) is 97.8 cm³/mol. The van der Waals surface area contributed by atoms with Crippen molar-refractivity contribution in [2.75, 3.05) is 5.73 Å². The van der Waals surface area contributed by atoms with Crippen LogP contribution in [0.15, 0.2) is 24.8 Å². The number of hydrogen-bond donors (Lipinski definition) is 2. The van der Waals surface area contributed by atoms with Gasteiger partial charge in [0.05, 0.1) is 29.8 Å². The van der Waals surface area contributed by atoms with Crippen LogP contribution in [0.4, 0.5) is 5.82 Å². The SMILES string of the molecule is N#CCC(C1CC2(CCC2)C1)n1cc(-c2ncnc3[nH]ccc23)c(N)n1. The molecule has 7 nitrogen and oxygen atoms in total. The summed E-state index contributed by atoms with van der Waals surface area (Å²) >= 11 is 0. The fourth-order valence-corrected chi connectivity index (χ4v) is 4.82. The number of nitriles is 1. The van der Waals surface area contributed by atoms with E-state index in [1.807, 2.05) is 23.1 Å². The molecule has 3 heterocycles. The molecule has 2 aliphatic carbocycles. The molecule has 1 spiro atoms. The van der Waals surface area contributed by atoms with Crippen LogP contribution in [0.5, 0.6) is 0 Å². The van der Waals surface area contributed by atoms with E-state index < -0.39 is 0 Å². The van der Waals surface area contributed by atoms with Gasteiger partial charge in [0.1, 0.15) is 12.0 Å². The zero-order chi connectivity index (χ0) is 17.7. The topological polar surface area (TPSA) is 109 Å². The van der Waals surface area contributed by atoms with Gasteiger partial charge in [0.2, 0.25) is 0 Å². The zero-order valence-electron chi connectivity index (χ0n) is 14.5. The van der Waals surface area contributed by atoms with E-state index in [9.17, 15) is 5.26 Å². The molecule has 132 valence electrons. The van der Waals surface area contributed by atoms with Crippen molar-refractivity contribution in [1.82, 2.24) is 24.7 Å². The number of anilines is 1. The lowest BCUT2D eigenvalue weighted by molar-refractivity contribution is -0.0479. The molecule has 2 fully saturated rings. The number of fused-ring (bicyclic) bond motifs is 1. The lowest BCUT2D eigenvalue weighted by atomic mass is 9.50. The second kappa shape index (κ2) is 5.56. The van der Waals surface area contributed by atoms with Crippen LogP contribution in [0.1, 0.15) is 44.6 Å². The molecule has 3 aromatic heterocycles. The maximum Gasteiger partial charge on any atom is 0.154 e. The molecule has 26 heavy (non-hydrogen) atoms. The first-order valence-corrected chi connectivity index (χ1v) is 9.19. The van der Waals surface area contributed by atoms with Gasteiger partial charge in [-0.3, -0.25) is 4.68 Å². The number of aromatic amines is 1. The van der Waals surface area contributed by atoms with Gasteiger partial charge in [-0.2, -0.15) is 10.4 Å². The van der Waals surface area contributed by atoms with E-state index in [1.54, 1.807) is 0 Å². The minimum absolute atomic E-state index is 0.0887. The Labute approximate surface area is 151 Å². The fourth-order valence-electron chi connectivity index (χ4n) is 4.82. The van der Waals surface area contributed by atoms with E-state index in [1.165, 1.54) is 38.4 Å². The molecular formula is C19H21N7. The summed E-state index contributed by atoms with van der Waals surface area (Å²) < 4.78 is 1.91. The summed E-state index contributed by atoms with van der Waals surface area (Å²) in [6.07, 6.45) is 12.3. The van der Waals surface area contributed by atoms with Crippen molar-refractivity contribution in [2.24, 2.45) is 11.3 Å². The number of rotatable bonds is 4. The highest BCUT2D eigenvalue weighted by molar-refractivity contribution is 5.92. The summed E-state index contributed by atoms with van der Waals surface area (Å²) in [7, 11) is 0. The van der Waals surface area contributed by atoms with E-state index in [-0.39, 0.29) is 6.04 Å². The molecule has 0 radical (unpaired) electrons. The van der Waals surface area contributed by atoms with Crippen molar-refractivity contribution in [3.8, 4) is 17.3 Å². The number of hydrogen-bond acceptors (Lipinski definition) is 5. The second-order valence-electron chi connectivity index (χ2n) is 7.82. The summed E-state index contributed by atoms with van der Waals surface area (Å²) in [5.74, 6) is 0.964. The molecule has 0 aliphatic heterocycles. The van der Waals surface area contributed by atoms with Crippen molar-refractivity contribution in [3.05, 3.63) is 24.8 Å². The number of nitrogen functional groups attached to an aromatic ring is 1. The molecule has 0 amide bonds. The standard InChI is InChI=1S/C19H21N7/c20-6-2-15(12-8-19(9-12)4-1-5-19)26-10-14(17(21)25-26)16-13-3-7-22-18(13)24-11-23-16/h3,7,10-12,15H,1-2,4-5,8-9H2,(H2,21,25)(H,22,23,24). The Balaban J connectivity index is 1.49. The highest BCUT2D eigenvalue weighted by Gasteiger charge is 2.50. The average molecular weight is 347 g/mol. The summed E-state index contributed by atoms with van der Waals surface area (Å²) in [6.45, 7) is 0. The van der Waals surface area contributed by atoms with Crippen LogP contribution in [0.3, 0.4) is 0 Å². The molecule has 3 aromatic rings. The van der Waals surface area contributed by atoms with Crippen LogP contribution in [-0.4, -0.2) is 24.7 Å². The molecule has 2 aliphatic rings. The molecule has 7 heteroatoms. The number of nitrogens with zero attached hydrogens (tertiary/aromatic N) is 5. The van der Waals surface area contributed by atoms with Gasteiger partial charge in [0, 0.05) is 17.8 Å². The lowest BCUT2D eigenvalue weighted by Gasteiger charge is -2.56. The van der Waals surface area contributed by atoms with Crippen molar-refractivity contribution in [1.29, 1.82) is 5.26 Å². The predicted octanol–water partition coefficient (Wildman–Crippen LogP) is 3.44. The van der Waals surface area contributed by atoms with E-state index in [0.717, 1.165) is 22.3 Å². The molecule has 0 saturated heterocycles. The van der Waals surface area contributed by atoms with E-state index in [0.29, 0.717) is 23.6 Å². The van der Waals surface area contributed by atoms with Crippen LogP contribution in [0.25, 0.3) is 22.3 Å². The monoisotopic (exact) mass is 347 g/mol. The number of nitrogens with two attached hydrogens (primary N) is 1. The van der Waals surface area contributed by atoms with Gasteiger partial charge in [-0.1, -0.05) is 6.42 Å². The fraction of sp³-hybridized carbons (Fsp3) is 0.474. The maximum atomic E-state index is 9.33. The van der Waals surface area contributed by atoms with Gasteiger partial charge in [0.25, 0.3) is 0 Å². The Kier molecular flexibility index (Phi) is 3.29. The molecule has 3 N–H and O–H groups in total. The van der Waals surface area contributed by atoms with Crippen molar-refractivity contribution in [3.63, 3.8) is 0 Å². The van der Waals surface area contributed by atoms with Crippen LogP contribution in [-0.2, 0) is 0 Å². The van der Waals surface area contributed by atoms with Crippen LogP contribution >= 0.6 is 0 Å². The van der Waals surface area contributed by atoms with Gasteiger partial charge in [-0.15, -0.1) is 0 Å². The Hall–Kier alpha value is -2.88. The first kappa shape index (κ1) is 15.4. The summed E-state index contributed by atoms with van der Waals surface area (Å²) in [4.78, 5) is 11.8. The highest BCUT2D eigenvalue weighted by atomic mass is 15.3. The summed E-state index contributed by atoms with van der Waals surface area (Å²) in [5.41, 5.74) is 9.17. The van der Waals surface area contributed by atoms with Gasteiger partial charge in [-0.25, -0.2) is 9.97 Å². The quantitative estimate of drug-likeness (QED) is 0.751. The van der Waals surface area contributed by atoms with Crippen LogP contribution in [0, 0.1) is 22.7 Å². The highest BCUT2D eigenvalue weighted by Crippen LogP contribution is 2.61. The zero-order valence-corrected chi connectivity index (χ0v) is 14.5. The largest absolute Gasteiger partial charge is 0.382 e. The van der Waals surface area contributed by atoms with E-state index in [2.05, 4.69) is 26.1 Å². The second-order valence-corrected chi connectivity index (χ2v) is 7.82. The molecule has 0 aromatic carbocycles. The third-order valence-corrected chi connectivity index (χ3v) is 6.36. The van der Waals surface area contributed by atoms with Gasteiger partial charge in [0.15, 0.2) is 5.82 Å². The van der Waals surface area contributed by atoms with Crippen molar-refractivity contribution in [2.45, 2.75) is 44.6 Å². The van der Waals surface area contributed by atoms with E-state index in [4.69, 9.17) is 5.73 Å². The number of aromatic nitrogens is 5. The third-order valence-electron chi connectivity index (χ3n) is 6.36. The van der Waals surface area contributed by atoms with Crippen LogP contribution < -0.4 is 5.73 Å². The molecular weight excluding hydrogens is 326 g/mol. The lowest BCUT2D eigenvalue weighted by Crippen LogP contribution is -2.45. The van der Waals surface area contributed by atoms with Crippen LogP contribution in [0.2, 0.25) is 0 Å². The minimum Gasteiger partial charge on any atom is -0.382 e. The molecule has 2 saturated carbocycles. The molecule has 1 atom stereocenters. The minimum atomic E-state index is 0.0887.